The Morgan fingerprint density at radius 3 is 1.96 bits per heavy atom. The summed E-state index contributed by atoms with van der Waals surface area (Å²) in [7, 11) is -3.62. The van der Waals surface area contributed by atoms with E-state index in [1.54, 1.807) is 36.7 Å². The number of hydrogen-bond acceptors (Lipinski definition) is 4. The molecule has 146 valence electrons. The topological polar surface area (TPSA) is 71.1 Å². The van der Waals surface area contributed by atoms with Crippen LogP contribution in [-0.4, -0.2) is 13.4 Å². The average molecular weight is 396 g/mol. The summed E-state index contributed by atoms with van der Waals surface area (Å²) < 4.78 is 27.9. The monoisotopic (exact) mass is 395 g/mol. The molecule has 0 saturated heterocycles. The summed E-state index contributed by atoms with van der Waals surface area (Å²) in [5.74, 6) is 0. The fourth-order valence-electron chi connectivity index (χ4n) is 2.71. The Morgan fingerprint density at radius 2 is 1.39 bits per heavy atom. The first kappa shape index (κ1) is 19.9. The van der Waals surface area contributed by atoms with Crippen LogP contribution in [0.25, 0.3) is 0 Å². The van der Waals surface area contributed by atoms with Crippen LogP contribution < -0.4 is 10.0 Å². The van der Waals surface area contributed by atoms with E-state index in [0.717, 1.165) is 16.8 Å². The fraction of sp³-hybridized carbons (Fsp3) is 0.227. The maximum Gasteiger partial charge on any atom is 0.261 e. The van der Waals surface area contributed by atoms with Gasteiger partial charge in [0.05, 0.1) is 4.90 Å². The number of rotatable bonds is 6. The van der Waals surface area contributed by atoms with Crippen molar-refractivity contribution in [3.8, 4) is 0 Å². The Balaban J connectivity index is 1.65. The van der Waals surface area contributed by atoms with Gasteiger partial charge in [0.15, 0.2) is 0 Å². The van der Waals surface area contributed by atoms with Crippen LogP contribution in [0.2, 0.25) is 0 Å². The molecule has 5 nitrogen and oxygen atoms in total. The van der Waals surface area contributed by atoms with Gasteiger partial charge in [-0.15, -0.1) is 0 Å². The minimum Gasteiger partial charge on any atom is -0.381 e. The zero-order valence-corrected chi connectivity index (χ0v) is 17.1. The molecule has 28 heavy (non-hydrogen) atoms. The molecular formula is C22H25N3O2S. The van der Waals surface area contributed by atoms with Gasteiger partial charge < -0.3 is 5.32 Å². The van der Waals surface area contributed by atoms with E-state index in [4.69, 9.17) is 0 Å². The third kappa shape index (κ3) is 5.10. The van der Waals surface area contributed by atoms with Crippen LogP contribution in [-0.2, 0) is 22.0 Å². The number of sulfonamides is 1. The second-order valence-corrected chi connectivity index (χ2v) is 9.35. The maximum absolute atomic E-state index is 12.6. The van der Waals surface area contributed by atoms with E-state index >= 15 is 0 Å². The summed E-state index contributed by atoms with van der Waals surface area (Å²) in [6.07, 6.45) is 3.51. The molecule has 0 radical (unpaired) electrons. The number of hydrogen-bond donors (Lipinski definition) is 2. The molecular weight excluding hydrogens is 370 g/mol. The number of benzene rings is 2. The van der Waals surface area contributed by atoms with Gasteiger partial charge in [-0.05, 0) is 65.1 Å². The van der Waals surface area contributed by atoms with Crippen molar-refractivity contribution in [1.29, 1.82) is 0 Å². The molecule has 1 aromatic heterocycles. The molecule has 0 unspecified atom stereocenters. The summed E-state index contributed by atoms with van der Waals surface area (Å²) in [5, 5.41) is 3.30. The van der Waals surface area contributed by atoms with Crippen molar-refractivity contribution >= 4 is 21.4 Å². The van der Waals surface area contributed by atoms with Gasteiger partial charge in [-0.2, -0.15) is 0 Å². The minimum atomic E-state index is -3.62. The van der Waals surface area contributed by atoms with Crippen molar-refractivity contribution in [2.45, 2.75) is 37.6 Å². The second kappa shape index (κ2) is 8.02. The van der Waals surface area contributed by atoms with Crippen LogP contribution in [0.5, 0.6) is 0 Å². The molecule has 0 atom stereocenters. The lowest BCUT2D eigenvalue weighted by molar-refractivity contribution is 0.587. The zero-order valence-electron chi connectivity index (χ0n) is 16.3. The van der Waals surface area contributed by atoms with Crippen molar-refractivity contribution in [2.24, 2.45) is 0 Å². The molecule has 0 fully saturated rings. The van der Waals surface area contributed by atoms with Crippen molar-refractivity contribution in [3.63, 3.8) is 0 Å². The SMILES string of the molecule is CC(C)(C)c1ccc(S(=O)(=O)Nc2ccc(NCc3ccncc3)cc2)cc1. The normalized spacial score (nSPS) is 11.8. The van der Waals surface area contributed by atoms with Gasteiger partial charge in [0.2, 0.25) is 0 Å². The molecule has 0 bridgehead atoms. The van der Waals surface area contributed by atoms with Gasteiger partial charge in [-0.3, -0.25) is 9.71 Å². The number of nitrogens with zero attached hydrogens (tertiary/aromatic N) is 1. The van der Waals surface area contributed by atoms with Gasteiger partial charge in [0.25, 0.3) is 10.0 Å². The molecule has 3 rings (SSSR count). The lowest BCUT2D eigenvalue weighted by Gasteiger charge is -2.19. The largest absolute Gasteiger partial charge is 0.381 e. The van der Waals surface area contributed by atoms with Crippen molar-refractivity contribution in [1.82, 2.24) is 4.98 Å². The molecule has 0 aliphatic rings. The first-order valence-electron chi connectivity index (χ1n) is 9.10. The zero-order chi connectivity index (χ0) is 20.2. The van der Waals surface area contributed by atoms with Crippen LogP contribution >= 0.6 is 0 Å². The molecule has 2 aromatic carbocycles. The molecule has 0 saturated carbocycles. The van der Waals surface area contributed by atoms with Gasteiger partial charge >= 0.3 is 0 Å². The Morgan fingerprint density at radius 1 is 0.821 bits per heavy atom. The summed E-state index contributed by atoms with van der Waals surface area (Å²) >= 11 is 0. The number of anilines is 2. The van der Waals surface area contributed by atoms with E-state index < -0.39 is 10.0 Å². The van der Waals surface area contributed by atoms with Crippen LogP contribution in [0.15, 0.2) is 78.0 Å². The first-order valence-corrected chi connectivity index (χ1v) is 10.6. The van der Waals surface area contributed by atoms with E-state index in [1.807, 2.05) is 36.4 Å². The number of pyridine rings is 1. The predicted molar refractivity (Wildman–Crippen MR) is 114 cm³/mol. The van der Waals surface area contributed by atoms with Crippen LogP contribution in [0.4, 0.5) is 11.4 Å². The molecule has 0 aliphatic carbocycles. The van der Waals surface area contributed by atoms with E-state index in [9.17, 15) is 8.42 Å². The molecule has 0 amide bonds. The quantitative estimate of drug-likeness (QED) is 0.629. The average Bonchev–Trinajstić information content (AvgIpc) is 2.67. The minimum absolute atomic E-state index is 0.0190. The van der Waals surface area contributed by atoms with E-state index in [1.165, 1.54) is 0 Å². The Hall–Kier alpha value is -2.86. The lowest BCUT2D eigenvalue weighted by Crippen LogP contribution is -2.14. The molecule has 1 heterocycles. The van der Waals surface area contributed by atoms with E-state index in [2.05, 4.69) is 35.8 Å². The summed E-state index contributed by atoms with van der Waals surface area (Å²) in [6.45, 7) is 6.96. The van der Waals surface area contributed by atoms with Gasteiger partial charge in [-0.1, -0.05) is 32.9 Å². The number of aromatic nitrogens is 1. The van der Waals surface area contributed by atoms with Gasteiger partial charge in [0.1, 0.15) is 0 Å². The highest BCUT2D eigenvalue weighted by atomic mass is 32.2. The summed E-state index contributed by atoms with van der Waals surface area (Å²) in [5.41, 5.74) is 3.63. The third-order valence-electron chi connectivity index (χ3n) is 4.41. The highest BCUT2D eigenvalue weighted by Crippen LogP contribution is 2.24. The lowest BCUT2D eigenvalue weighted by atomic mass is 9.87. The van der Waals surface area contributed by atoms with Crippen molar-refractivity contribution in [2.75, 3.05) is 10.0 Å². The van der Waals surface area contributed by atoms with Crippen LogP contribution in [0, 0.1) is 0 Å². The Labute approximate surface area is 166 Å². The van der Waals surface area contributed by atoms with Crippen LogP contribution in [0.3, 0.4) is 0 Å². The highest BCUT2D eigenvalue weighted by molar-refractivity contribution is 7.92. The Kier molecular flexibility index (Phi) is 5.70. The van der Waals surface area contributed by atoms with Gasteiger partial charge in [0, 0.05) is 30.3 Å². The number of nitrogens with one attached hydrogen (secondary N) is 2. The Bertz CT molecular complexity index is 1010. The highest BCUT2D eigenvalue weighted by Gasteiger charge is 2.17. The fourth-order valence-corrected chi connectivity index (χ4v) is 3.77. The van der Waals surface area contributed by atoms with Crippen LogP contribution in [0.1, 0.15) is 31.9 Å². The summed E-state index contributed by atoms with van der Waals surface area (Å²) in [6, 6.07) is 18.1. The molecule has 0 aliphatic heterocycles. The molecule has 3 aromatic rings. The standard InChI is InChI=1S/C22H25N3O2S/c1-22(2,3)18-4-10-21(11-5-18)28(26,27)25-20-8-6-19(7-9-20)24-16-17-12-14-23-15-13-17/h4-15,24-25H,16H2,1-3H3. The molecule has 0 spiro atoms. The molecule has 2 N–H and O–H groups in total. The van der Waals surface area contributed by atoms with Crippen molar-refractivity contribution < 1.29 is 8.42 Å². The second-order valence-electron chi connectivity index (χ2n) is 7.67. The third-order valence-corrected chi connectivity index (χ3v) is 5.81. The first-order chi connectivity index (χ1) is 13.2. The summed E-state index contributed by atoms with van der Waals surface area (Å²) in [4.78, 5) is 4.25. The van der Waals surface area contributed by atoms with Crippen molar-refractivity contribution in [3.05, 3.63) is 84.2 Å². The van der Waals surface area contributed by atoms with E-state index in [-0.39, 0.29) is 10.3 Å². The van der Waals surface area contributed by atoms with Gasteiger partial charge in [-0.25, -0.2) is 8.42 Å². The molecule has 6 heteroatoms. The van der Waals surface area contributed by atoms with E-state index in [0.29, 0.717) is 12.2 Å². The predicted octanol–water partition coefficient (Wildman–Crippen LogP) is 4.79. The smallest absolute Gasteiger partial charge is 0.261 e. The maximum atomic E-state index is 12.6.